The Morgan fingerprint density at radius 1 is 0.921 bits per heavy atom. The maximum atomic E-state index is 13.0. The SMILES string of the molecule is CCOC(=O)N[C@H](Cc1ccccc1)C(=O)N/N=C\c1c(OCc2ccc(Br)cc2)ccc2ccccc12. The van der Waals surface area contributed by atoms with Crippen molar-refractivity contribution in [1.29, 1.82) is 0 Å². The predicted molar refractivity (Wildman–Crippen MR) is 152 cm³/mol. The van der Waals surface area contributed by atoms with Crippen molar-refractivity contribution in [2.24, 2.45) is 5.10 Å². The Kier molecular flexibility index (Phi) is 9.48. The summed E-state index contributed by atoms with van der Waals surface area (Å²) >= 11 is 3.45. The summed E-state index contributed by atoms with van der Waals surface area (Å²) in [4.78, 5) is 25.1. The second-order valence-electron chi connectivity index (χ2n) is 8.46. The van der Waals surface area contributed by atoms with E-state index in [0.29, 0.717) is 12.4 Å². The highest BCUT2D eigenvalue weighted by Crippen LogP contribution is 2.27. The lowest BCUT2D eigenvalue weighted by atomic mass is 10.0. The molecule has 0 aromatic heterocycles. The Hall–Kier alpha value is -4.17. The van der Waals surface area contributed by atoms with Crippen LogP contribution in [0.2, 0.25) is 0 Å². The summed E-state index contributed by atoms with van der Waals surface area (Å²) in [5.74, 6) is 0.172. The lowest BCUT2D eigenvalue weighted by Gasteiger charge is -2.17. The predicted octanol–water partition coefficient (Wildman–Crippen LogP) is 5.99. The Balaban J connectivity index is 1.53. The van der Waals surface area contributed by atoms with E-state index in [2.05, 4.69) is 31.8 Å². The van der Waals surface area contributed by atoms with Crippen molar-refractivity contribution in [3.63, 3.8) is 0 Å². The molecule has 0 saturated heterocycles. The summed E-state index contributed by atoms with van der Waals surface area (Å²) in [6, 6.07) is 28.2. The number of hydrogen-bond acceptors (Lipinski definition) is 5. The highest BCUT2D eigenvalue weighted by Gasteiger charge is 2.21. The van der Waals surface area contributed by atoms with Gasteiger partial charge in [-0.05, 0) is 47.0 Å². The molecule has 8 heteroatoms. The molecule has 194 valence electrons. The van der Waals surface area contributed by atoms with Crippen molar-refractivity contribution in [3.8, 4) is 5.75 Å². The van der Waals surface area contributed by atoms with Gasteiger partial charge in [-0.3, -0.25) is 4.79 Å². The molecule has 0 radical (unpaired) electrons. The molecule has 38 heavy (non-hydrogen) atoms. The number of nitrogens with one attached hydrogen (secondary N) is 2. The number of benzene rings is 4. The lowest BCUT2D eigenvalue weighted by Crippen LogP contribution is -2.47. The number of rotatable bonds is 10. The average Bonchev–Trinajstić information content (AvgIpc) is 2.93. The minimum absolute atomic E-state index is 0.202. The summed E-state index contributed by atoms with van der Waals surface area (Å²) in [6.07, 6.45) is 1.20. The van der Waals surface area contributed by atoms with Crippen molar-refractivity contribution >= 4 is 44.9 Å². The van der Waals surface area contributed by atoms with Crippen LogP contribution >= 0.6 is 15.9 Å². The van der Waals surface area contributed by atoms with Crippen LogP contribution in [0.5, 0.6) is 5.75 Å². The summed E-state index contributed by atoms with van der Waals surface area (Å²) < 4.78 is 12.1. The van der Waals surface area contributed by atoms with Crippen molar-refractivity contribution < 1.29 is 19.1 Å². The minimum atomic E-state index is -0.866. The first-order valence-electron chi connectivity index (χ1n) is 12.2. The average molecular weight is 574 g/mol. The van der Waals surface area contributed by atoms with E-state index >= 15 is 0 Å². The molecule has 4 aromatic carbocycles. The number of carbonyl (C=O) groups excluding carboxylic acids is 2. The molecule has 0 aliphatic carbocycles. The number of halogens is 1. The van der Waals surface area contributed by atoms with Crippen LogP contribution in [0.1, 0.15) is 23.6 Å². The molecule has 4 aromatic rings. The largest absolute Gasteiger partial charge is 0.488 e. The number of alkyl carbamates (subject to hydrolysis) is 1. The highest BCUT2D eigenvalue weighted by molar-refractivity contribution is 9.10. The molecule has 1 atom stereocenters. The van der Waals surface area contributed by atoms with Gasteiger partial charge in [0, 0.05) is 16.5 Å². The Bertz CT molecular complexity index is 1410. The van der Waals surface area contributed by atoms with E-state index in [1.165, 1.54) is 0 Å². The third-order valence-electron chi connectivity index (χ3n) is 5.77. The van der Waals surface area contributed by atoms with Crippen molar-refractivity contribution in [2.75, 3.05) is 6.61 Å². The molecule has 7 nitrogen and oxygen atoms in total. The summed E-state index contributed by atoms with van der Waals surface area (Å²) in [6.45, 7) is 2.28. The molecular weight excluding hydrogens is 546 g/mol. The van der Waals surface area contributed by atoms with E-state index in [9.17, 15) is 9.59 Å². The maximum Gasteiger partial charge on any atom is 0.407 e. The van der Waals surface area contributed by atoms with Gasteiger partial charge in [0.2, 0.25) is 0 Å². The topological polar surface area (TPSA) is 89.0 Å². The Labute approximate surface area is 230 Å². The molecular formula is C30H28BrN3O4. The van der Waals surface area contributed by atoms with Crippen LogP contribution in [0.25, 0.3) is 10.8 Å². The van der Waals surface area contributed by atoms with E-state index < -0.39 is 18.0 Å². The fraction of sp³-hybridized carbons (Fsp3) is 0.167. The Morgan fingerprint density at radius 3 is 2.42 bits per heavy atom. The molecule has 0 unspecified atom stereocenters. The second kappa shape index (κ2) is 13.4. The number of carbonyl (C=O) groups is 2. The zero-order valence-electron chi connectivity index (χ0n) is 20.9. The van der Waals surface area contributed by atoms with Gasteiger partial charge in [-0.15, -0.1) is 0 Å². The van der Waals surface area contributed by atoms with Crippen LogP contribution in [0.15, 0.2) is 101 Å². The zero-order valence-corrected chi connectivity index (χ0v) is 22.5. The van der Waals surface area contributed by atoms with Gasteiger partial charge in [0.1, 0.15) is 18.4 Å². The van der Waals surface area contributed by atoms with Crippen LogP contribution < -0.4 is 15.5 Å². The molecule has 0 aliphatic rings. The quantitative estimate of drug-likeness (QED) is 0.180. The number of ether oxygens (including phenoxy) is 2. The van der Waals surface area contributed by atoms with E-state index in [0.717, 1.165) is 31.9 Å². The van der Waals surface area contributed by atoms with Crippen LogP contribution in [-0.4, -0.2) is 30.9 Å². The van der Waals surface area contributed by atoms with Crippen molar-refractivity contribution in [3.05, 3.63) is 112 Å². The lowest BCUT2D eigenvalue weighted by molar-refractivity contribution is -0.123. The normalized spacial score (nSPS) is 11.7. The molecule has 0 aliphatic heterocycles. The first-order chi connectivity index (χ1) is 18.5. The van der Waals surface area contributed by atoms with Gasteiger partial charge in [0.05, 0.1) is 12.8 Å². The minimum Gasteiger partial charge on any atom is -0.488 e. The van der Waals surface area contributed by atoms with E-state index in [1.807, 2.05) is 91.0 Å². The zero-order chi connectivity index (χ0) is 26.7. The molecule has 0 heterocycles. The van der Waals surface area contributed by atoms with Gasteiger partial charge < -0.3 is 14.8 Å². The molecule has 4 rings (SSSR count). The molecule has 2 amide bonds. The maximum absolute atomic E-state index is 13.0. The number of hydrazone groups is 1. The molecule has 0 spiro atoms. The van der Waals surface area contributed by atoms with E-state index in [1.54, 1.807) is 13.1 Å². The van der Waals surface area contributed by atoms with Gasteiger partial charge >= 0.3 is 6.09 Å². The summed E-state index contributed by atoms with van der Waals surface area (Å²) in [5, 5.41) is 8.81. The number of fused-ring (bicyclic) bond motifs is 1. The van der Waals surface area contributed by atoms with E-state index in [4.69, 9.17) is 9.47 Å². The van der Waals surface area contributed by atoms with Crippen molar-refractivity contribution in [2.45, 2.75) is 26.0 Å². The third kappa shape index (κ3) is 7.43. The fourth-order valence-electron chi connectivity index (χ4n) is 3.89. The van der Waals surface area contributed by atoms with Gasteiger partial charge in [-0.2, -0.15) is 5.10 Å². The Morgan fingerprint density at radius 2 is 1.66 bits per heavy atom. The molecule has 0 saturated carbocycles. The first-order valence-corrected chi connectivity index (χ1v) is 13.0. The number of amides is 2. The van der Waals surface area contributed by atoms with Crippen molar-refractivity contribution in [1.82, 2.24) is 10.7 Å². The second-order valence-corrected chi connectivity index (χ2v) is 9.37. The molecule has 0 fully saturated rings. The van der Waals surface area contributed by atoms with Gasteiger partial charge in [-0.1, -0.05) is 88.7 Å². The summed E-state index contributed by atoms with van der Waals surface area (Å²) in [5.41, 5.74) is 5.22. The standard InChI is InChI=1S/C30H28BrN3O4/c1-2-37-30(36)33-27(18-21-8-4-3-5-9-21)29(35)34-32-19-26-25-11-7-6-10-23(25)14-17-28(26)38-20-22-12-15-24(31)16-13-22/h3-17,19,27H,2,18,20H2,1H3,(H,33,36)(H,34,35)/b32-19-/t27-/m1/s1. The van der Waals surface area contributed by atoms with Gasteiger partial charge in [-0.25, -0.2) is 10.2 Å². The van der Waals surface area contributed by atoms with Crippen LogP contribution in [-0.2, 0) is 22.6 Å². The van der Waals surface area contributed by atoms with Crippen LogP contribution in [0.3, 0.4) is 0 Å². The molecule has 0 bridgehead atoms. The number of nitrogens with zero attached hydrogens (tertiary/aromatic N) is 1. The van der Waals surface area contributed by atoms with E-state index in [-0.39, 0.29) is 13.0 Å². The van der Waals surface area contributed by atoms with Crippen LogP contribution in [0.4, 0.5) is 4.79 Å². The van der Waals surface area contributed by atoms with Gasteiger partial charge in [0.15, 0.2) is 0 Å². The summed E-state index contributed by atoms with van der Waals surface area (Å²) in [7, 11) is 0. The third-order valence-corrected chi connectivity index (χ3v) is 6.30. The first kappa shape index (κ1) is 26.9. The highest BCUT2D eigenvalue weighted by atomic mass is 79.9. The number of hydrogen-bond donors (Lipinski definition) is 2. The smallest absolute Gasteiger partial charge is 0.407 e. The molecule has 2 N–H and O–H groups in total. The van der Waals surface area contributed by atoms with Gasteiger partial charge in [0.25, 0.3) is 5.91 Å². The monoisotopic (exact) mass is 573 g/mol. The fourth-order valence-corrected chi connectivity index (χ4v) is 4.15. The van der Waals surface area contributed by atoms with Crippen LogP contribution in [0, 0.1) is 0 Å².